The zero-order chi connectivity index (χ0) is 15.4. The molecule has 0 atom stereocenters. The van der Waals surface area contributed by atoms with E-state index >= 15 is 0 Å². The van der Waals surface area contributed by atoms with E-state index in [9.17, 15) is 4.39 Å². The topological polar surface area (TPSA) is 61.1 Å². The number of imidazole rings is 1. The van der Waals surface area contributed by atoms with Crippen molar-refractivity contribution in [2.75, 3.05) is 5.73 Å². The van der Waals surface area contributed by atoms with Crippen molar-refractivity contribution in [1.29, 1.82) is 0 Å². The van der Waals surface area contributed by atoms with E-state index in [0.29, 0.717) is 17.2 Å². The molecule has 0 aliphatic carbocycles. The fourth-order valence-electron chi connectivity index (χ4n) is 2.45. The molecule has 5 nitrogen and oxygen atoms in total. The molecule has 2 N–H and O–H groups in total. The number of nitrogen functional groups attached to an aromatic ring is 1. The number of hydrogen-bond acceptors (Lipinski definition) is 3. The lowest BCUT2D eigenvalue weighted by Gasteiger charge is -2.16. The number of halogens is 1. The van der Waals surface area contributed by atoms with Crippen LogP contribution in [0.15, 0.2) is 24.5 Å². The Morgan fingerprint density at radius 3 is 2.57 bits per heavy atom. The van der Waals surface area contributed by atoms with Crippen molar-refractivity contribution >= 4 is 11.5 Å². The van der Waals surface area contributed by atoms with Crippen molar-refractivity contribution in [2.24, 2.45) is 7.05 Å². The summed E-state index contributed by atoms with van der Waals surface area (Å²) in [6, 6.07) is 2.99. The maximum atomic E-state index is 13.4. The minimum Gasteiger partial charge on any atom is -0.383 e. The third kappa shape index (κ3) is 2.16. The van der Waals surface area contributed by atoms with Crippen molar-refractivity contribution in [2.45, 2.75) is 26.2 Å². The zero-order valence-corrected chi connectivity index (χ0v) is 12.6. The van der Waals surface area contributed by atoms with Gasteiger partial charge in [0.15, 0.2) is 0 Å². The number of rotatable bonds is 1. The van der Waals surface area contributed by atoms with E-state index in [-0.39, 0.29) is 11.2 Å². The van der Waals surface area contributed by atoms with Gasteiger partial charge in [0.1, 0.15) is 23.0 Å². The van der Waals surface area contributed by atoms with Gasteiger partial charge in [0.2, 0.25) is 0 Å². The smallest absolute Gasteiger partial charge is 0.140 e. The van der Waals surface area contributed by atoms with E-state index in [0.717, 1.165) is 11.3 Å². The Hall–Kier alpha value is -2.37. The van der Waals surface area contributed by atoms with Crippen LogP contribution in [0.3, 0.4) is 0 Å². The maximum absolute atomic E-state index is 13.4. The predicted molar refractivity (Wildman–Crippen MR) is 80.5 cm³/mol. The Morgan fingerprint density at radius 1 is 1.19 bits per heavy atom. The molecule has 0 aromatic carbocycles. The first-order chi connectivity index (χ1) is 9.77. The summed E-state index contributed by atoms with van der Waals surface area (Å²) in [4.78, 5) is 4.53. The molecule has 0 aliphatic rings. The normalized spacial score (nSPS) is 12.2. The van der Waals surface area contributed by atoms with Gasteiger partial charge in [0, 0.05) is 30.4 Å². The average Bonchev–Trinajstić information content (AvgIpc) is 2.91. The first kappa shape index (κ1) is 13.6. The monoisotopic (exact) mass is 287 g/mol. The van der Waals surface area contributed by atoms with E-state index < -0.39 is 0 Å². The number of anilines is 1. The first-order valence-electron chi connectivity index (χ1n) is 6.75. The molecule has 3 aromatic heterocycles. The van der Waals surface area contributed by atoms with Gasteiger partial charge in [-0.3, -0.25) is 9.08 Å². The van der Waals surface area contributed by atoms with Crippen LogP contribution in [-0.4, -0.2) is 19.2 Å². The molecule has 21 heavy (non-hydrogen) atoms. The summed E-state index contributed by atoms with van der Waals surface area (Å²) in [5, 5.41) is 4.52. The van der Waals surface area contributed by atoms with Crippen molar-refractivity contribution in [3.05, 3.63) is 36.0 Å². The second-order valence-corrected chi connectivity index (χ2v) is 6.24. The quantitative estimate of drug-likeness (QED) is 0.748. The molecule has 3 rings (SSSR count). The summed E-state index contributed by atoms with van der Waals surface area (Å²) in [5.41, 5.74) is 9.08. The summed E-state index contributed by atoms with van der Waals surface area (Å²) >= 11 is 0. The number of nitrogens with zero attached hydrogens (tertiary/aromatic N) is 4. The van der Waals surface area contributed by atoms with E-state index in [2.05, 4.69) is 30.9 Å². The van der Waals surface area contributed by atoms with Gasteiger partial charge in [-0.25, -0.2) is 9.37 Å². The van der Waals surface area contributed by atoms with Gasteiger partial charge in [-0.2, -0.15) is 5.10 Å². The molecule has 0 aliphatic heterocycles. The summed E-state index contributed by atoms with van der Waals surface area (Å²) in [6.07, 6.45) is 3.24. The van der Waals surface area contributed by atoms with Crippen molar-refractivity contribution < 1.29 is 4.39 Å². The fourth-order valence-corrected chi connectivity index (χ4v) is 2.45. The van der Waals surface area contributed by atoms with Crippen molar-refractivity contribution in [3.63, 3.8) is 0 Å². The SMILES string of the molecule is Cn1cc(-c2nc3ccc(F)cn3c2N)c(C(C)(C)C)n1. The Kier molecular flexibility index (Phi) is 2.79. The third-order valence-electron chi connectivity index (χ3n) is 3.41. The van der Waals surface area contributed by atoms with Gasteiger partial charge in [0.25, 0.3) is 0 Å². The molecule has 0 unspecified atom stereocenters. The largest absolute Gasteiger partial charge is 0.383 e. The zero-order valence-electron chi connectivity index (χ0n) is 12.6. The predicted octanol–water partition coefficient (Wildman–Crippen LogP) is 2.75. The number of nitrogens with two attached hydrogens (primary N) is 1. The molecule has 0 saturated carbocycles. The van der Waals surface area contributed by atoms with Crippen molar-refractivity contribution in [1.82, 2.24) is 19.2 Å². The molecule has 0 radical (unpaired) electrons. The molecule has 0 spiro atoms. The highest BCUT2D eigenvalue weighted by Gasteiger charge is 2.25. The van der Waals surface area contributed by atoms with Gasteiger partial charge in [0.05, 0.1) is 5.69 Å². The Labute approximate surface area is 122 Å². The molecular formula is C15H18FN5. The molecule has 110 valence electrons. The van der Waals surface area contributed by atoms with Crippen LogP contribution in [-0.2, 0) is 12.5 Å². The van der Waals surface area contributed by atoms with Gasteiger partial charge < -0.3 is 5.73 Å². The molecule has 0 fully saturated rings. The second-order valence-electron chi connectivity index (χ2n) is 6.24. The van der Waals surface area contributed by atoms with E-state index in [1.54, 1.807) is 15.1 Å². The Morgan fingerprint density at radius 2 is 1.90 bits per heavy atom. The molecule has 0 saturated heterocycles. The minimum absolute atomic E-state index is 0.135. The fraction of sp³-hybridized carbons (Fsp3) is 0.333. The van der Waals surface area contributed by atoms with Gasteiger partial charge in [-0.05, 0) is 12.1 Å². The summed E-state index contributed by atoms with van der Waals surface area (Å²) < 4.78 is 16.7. The summed E-state index contributed by atoms with van der Waals surface area (Å²) in [6.45, 7) is 6.26. The summed E-state index contributed by atoms with van der Waals surface area (Å²) in [7, 11) is 1.87. The first-order valence-corrected chi connectivity index (χ1v) is 6.75. The van der Waals surface area contributed by atoms with E-state index in [4.69, 9.17) is 5.73 Å². The number of aryl methyl sites for hydroxylation is 1. The molecule has 3 heterocycles. The third-order valence-corrected chi connectivity index (χ3v) is 3.41. The molecule has 0 bridgehead atoms. The number of hydrogen-bond donors (Lipinski definition) is 1. The lowest BCUT2D eigenvalue weighted by molar-refractivity contribution is 0.554. The highest BCUT2D eigenvalue weighted by Crippen LogP contribution is 2.34. The number of pyridine rings is 1. The standard InChI is InChI=1S/C15H18FN5/c1-15(2,3)13-10(8-20(4)19-13)12-14(17)21-7-9(16)5-6-11(21)18-12/h5-8H,17H2,1-4H3. The maximum Gasteiger partial charge on any atom is 0.140 e. The van der Waals surface area contributed by atoms with Gasteiger partial charge in [-0.1, -0.05) is 20.8 Å². The number of fused-ring (bicyclic) bond motifs is 1. The highest BCUT2D eigenvalue weighted by molar-refractivity contribution is 5.76. The Balaban J connectivity index is 2.29. The number of aromatic nitrogens is 4. The molecular weight excluding hydrogens is 269 g/mol. The minimum atomic E-state index is -0.347. The lowest BCUT2D eigenvalue weighted by atomic mass is 9.89. The highest BCUT2D eigenvalue weighted by atomic mass is 19.1. The molecule has 0 amide bonds. The lowest BCUT2D eigenvalue weighted by Crippen LogP contribution is -2.14. The molecule has 3 aromatic rings. The molecule has 6 heteroatoms. The van der Waals surface area contributed by atoms with Crippen LogP contribution < -0.4 is 5.73 Å². The van der Waals surface area contributed by atoms with Gasteiger partial charge >= 0.3 is 0 Å². The van der Waals surface area contributed by atoms with E-state index in [1.165, 1.54) is 12.3 Å². The second kappa shape index (κ2) is 4.31. The van der Waals surface area contributed by atoms with Crippen LogP contribution in [0.2, 0.25) is 0 Å². The summed E-state index contributed by atoms with van der Waals surface area (Å²) in [5.74, 6) is 0.0726. The average molecular weight is 287 g/mol. The van der Waals surface area contributed by atoms with E-state index in [1.807, 2.05) is 13.2 Å². The van der Waals surface area contributed by atoms with Crippen molar-refractivity contribution in [3.8, 4) is 11.3 Å². The van der Waals surface area contributed by atoms with Crippen LogP contribution in [0.1, 0.15) is 26.5 Å². The van der Waals surface area contributed by atoms with Gasteiger partial charge in [-0.15, -0.1) is 0 Å². The van der Waals surface area contributed by atoms with Crippen LogP contribution >= 0.6 is 0 Å². The van der Waals surface area contributed by atoms with Crippen LogP contribution in [0.4, 0.5) is 10.2 Å². The van der Waals surface area contributed by atoms with Crippen LogP contribution in [0.5, 0.6) is 0 Å². The Bertz CT molecular complexity index is 823. The van der Waals surface area contributed by atoms with Crippen LogP contribution in [0, 0.1) is 5.82 Å². The van der Waals surface area contributed by atoms with Crippen LogP contribution in [0.25, 0.3) is 16.9 Å².